The average molecular weight is 344 g/mol. The van der Waals surface area contributed by atoms with Gasteiger partial charge in [0.15, 0.2) is 0 Å². The molecule has 2 heterocycles. The predicted octanol–water partition coefficient (Wildman–Crippen LogP) is 3.59. The first kappa shape index (κ1) is 13.8. The Kier molecular flexibility index (Phi) is 3.75. The highest BCUT2D eigenvalue weighted by atomic mass is 79.9. The van der Waals surface area contributed by atoms with Crippen molar-refractivity contribution < 1.29 is 4.79 Å². The maximum Gasteiger partial charge on any atom is 0.271 e. The molecule has 106 valence electrons. The molecule has 0 bridgehead atoms. The Morgan fingerprint density at radius 3 is 2.71 bits per heavy atom. The molecule has 21 heavy (non-hydrogen) atoms. The normalized spacial score (nSPS) is 12.3. The van der Waals surface area contributed by atoms with Crippen LogP contribution < -0.4 is 5.32 Å². The lowest BCUT2D eigenvalue weighted by Gasteiger charge is -2.12. The van der Waals surface area contributed by atoms with E-state index in [4.69, 9.17) is 0 Å². The standard InChI is InChI=1S/C16H14BrN3O/c1-11(12-5-3-2-4-6-12)18-16(21)14-10-20-9-13(17)7-8-15(20)19-14/h2-11H,1H3,(H,18,21). The summed E-state index contributed by atoms with van der Waals surface area (Å²) in [6.07, 6.45) is 3.60. The molecule has 0 fully saturated rings. The van der Waals surface area contributed by atoms with Gasteiger partial charge in [-0.15, -0.1) is 0 Å². The molecule has 3 rings (SSSR count). The third-order valence-electron chi connectivity index (χ3n) is 3.29. The van der Waals surface area contributed by atoms with Crippen molar-refractivity contribution in [2.45, 2.75) is 13.0 Å². The van der Waals surface area contributed by atoms with Crippen molar-refractivity contribution in [2.75, 3.05) is 0 Å². The fourth-order valence-corrected chi connectivity index (χ4v) is 2.52. The lowest BCUT2D eigenvalue weighted by molar-refractivity contribution is 0.0935. The smallest absolute Gasteiger partial charge is 0.271 e. The van der Waals surface area contributed by atoms with Crippen molar-refractivity contribution in [3.8, 4) is 0 Å². The summed E-state index contributed by atoms with van der Waals surface area (Å²) in [4.78, 5) is 16.6. The number of rotatable bonds is 3. The number of nitrogens with zero attached hydrogens (tertiary/aromatic N) is 2. The number of halogens is 1. The third-order valence-corrected chi connectivity index (χ3v) is 3.76. The SMILES string of the molecule is CC(NC(=O)c1cn2cc(Br)ccc2n1)c1ccccc1. The summed E-state index contributed by atoms with van der Waals surface area (Å²) in [6, 6.07) is 13.6. The molecule has 1 amide bonds. The zero-order valence-electron chi connectivity index (χ0n) is 11.5. The minimum absolute atomic E-state index is 0.0600. The van der Waals surface area contributed by atoms with Crippen LogP contribution in [-0.2, 0) is 0 Å². The molecule has 1 N–H and O–H groups in total. The maximum atomic E-state index is 12.3. The van der Waals surface area contributed by atoms with Crippen molar-refractivity contribution in [3.05, 3.63) is 70.6 Å². The first-order chi connectivity index (χ1) is 10.1. The molecule has 3 aromatic rings. The first-order valence-electron chi connectivity index (χ1n) is 6.63. The van der Waals surface area contributed by atoms with Crippen molar-refractivity contribution in [3.63, 3.8) is 0 Å². The van der Waals surface area contributed by atoms with Gasteiger partial charge in [0.25, 0.3) is 5.91 Å². The minimum Gasteiger partial charge on any atom is -0.344 e. The Morgan fingerprint density at radius 1 is 1.19 bits per heavy atom. The van der Waals surface area contributed by atoms with Crippen LogP contribution in [0.25, 0.3) is 5.65 Å². The summed E-state index contributed by atoms with van der Waals surface area (Å²) in [5.74, 6) is -0.175. The van der Waals surface area contributed by atoms with E-state index in [9.17, 15) is 4.79 Å². The molecule has 1 unspecified atom stereocenters. The Morgan fingerprint density at radius 2 is 1.95 bits per heavy atom. The second-order valence-electron chi connectivity index (χ2n) is 4.84. The number of pyridine rings is 1. The summed E-state index contributed by atoms with van der Waals surface area (Å²) >= 11 is 3.40. The molecular formula is C16H14BrN3O. The summed E-state index contributed by atoms with van der Waals surface area (Å²) in [5.41, 5.74) is 2.23. The fraction of sp³-hybridized carbons (Fsp3) is 0.125. The molecule has 0 aliphatic rings. The second kappa shape index (κ2) is 5.69. The van der Waals surface area contributed by atoms with Gasteiger partial charge in [0.2, 0.25) is 0 Å². The molecule has 0 aliphatic heterocycles. The van der Waals surface area contributed by atoms with Crippen LogP contribution in [0.1, 0.15) is 29.0 Å². The Labute approximate surface area is 131 Å². The van der Waals surface area contributed by atoms with Crippen LogP contribution in [0.3, 0.4) is 0 Å². The quantitative estimate of drug-likeness (QED) is 0.789. The topological polar surface area (TPSA) is 46.4 Å². The molecule has 4 nitrogen and oxygen atoms in total. The lowest BCUT2D eigenvalue weighted by atomic mass is 10.1. The Bertz CT molecular complexity index is 783. The number of carbonyl (C=O) groups excluding carboxylic acids is 1. The molecule has 1 atom stereocenters. The third kappa shape index (κ3) is 2.97. The molecule has 0 spiro atoms. The number of aromatic nitrogens is 2. The highest BCUT2D eigenvalue weighted by Gasteiger charge is 2.14. The van der Waals surface area contributed by atoms with Gasteiger partial charge < -0.3 is 9.72 Å². The number of imidazole rings is 1. The van der Waals surface area contributed by atoms with Gasteiger partial charge in [-0.3, -0.25) is 4.79 Å². The summed E-state index contributed by atoms with van der Waals surface area (Å²) in [5, 5.41) is 2.96. The monoisotopic (exact) mass is 343 g/mol. The van der Waals surface area contributed by atoms with Gasteiger partial charge in [-0.25, -0.2) is 4.98 Å². The van der Waals surface area contributed by atoms with Crippen LogP contribution in [0.4, 0.5) is 0 Å². The molecule has 0 saturated heterocycles. The van der Waals surface area contributed by atoms with E-state index in [2.05, 4.69) is 26.2 Å². The van der Waals surface area contributed by atoms with E-state index < -0.39 is 0 Å². The summed E-state index contributed by atoms with van der Waals surface area (Å²) in [7, 11) is 0. The van der Waals surface area contributed by atoms with E-state index in [1.165, 1.54) is 0 Å². The number of amides is 1. The highest BCUT2D eigenvalue weighted by Crippen LogP contribution is 2.14. The first-order valence-corrected chi connectivity index (χ1v) is 7.43. The molecule has 5 heteroatoms. The lowest BCUT2D eigenvalue weighted by Crippen LogP contribution is -2.26. The van der Waals surface area contributed by atoms with Gasteiger partial charge in [-0.2, -0.15) is 0 Å². The molecule has 0 aliphatic carbocycles. The minimum atomic E-state index is -0.175. The van der Waals surface area contributed by atoms with Gasteiger partial charge >= 0.3 is 0 Å². The maximum absolute atomic E-state index is 12.3. The summed E-state index contributed by atoms with van der Waals surface area (Å²) < 4.78 is 2.77. The number of hydrogen-bond donors (Lipinski definition) is 1. The van der Waals surface area contributed by atoms with Crippen LogP contribution in [0.15, 0.2) is 59.3 Å². The van der Waals surface area contributed by atoms with Gasteiger partial charge in [0.05, 0.1) is 6.04 Å². The van der Waals surface area contributed by atoms with Gasteiger partial charge in [-0.05, 0) is 40.5 Å². The van der Waals surface area contributed by atoms with E-state index in [0.717, 1.165) is 15.7 Å². The molecular weight excluding hydrogens is 330 g/mol. The average Bonchev–Trinajstić information content (AvgIpc) is 2.91. The van der Waals surface area contributed by atoms with Crippen molar-refractivity contribution in [1.29, 1.82) is 0 Å². The van der Waals surface area contributed by atoms with Crippen molar-refractivity contribution in [2.24, 2.45) is 0 Å². The molecule has 0 radical (unpaired) electrons. The fourth-order valence-electron chi connectivity index (χ4n) is 2.17. The van der Waals surface area contributed by atoms with Crippen LogP contribution in [0.2, 0.25) is 0 Å². The number of nitrogens with one attached hydrogen (secondary N) is 1. The number of benzene rings is 1. The Hall–Kier alpha value is -2.14. The number of fused-ring (bicyclic) bond motifs is 1. The zero-order valence-corrected chi connectivity index (χ0v) is 13.0. The highest BCUT2D eigenvalue weighted by molar-refractivity contribution is 9.10. The van der Waals surface area contributed by atoms with Crippen molar-refractivity contribution in [1.82, 2.24) is 14.7 Å². The molecule has 1 aromatic carbocycles. The predicted molar refractivity (Wildman–Crippen MR) is 85.2 cm³/mol. The summed E-state index contributed by atoms with van der Waals surface area (Å²) in [6.45, 7) is 1.96. The second-order valence-corrected chi connectivity index (χ2v) is 5.76. The van der Waals surface area contributed by atoms with Crippen LogP contribution in [-0.4, -0.2) is 15.3 Å². The van der Waals surface area contributed by atoms with E-state index in [0.29, 0.717) is 5.69 Å². The zero-order chi connectivity index (χ0) is 14.8. The number of hydrogen-bond acceptors (Lipinski definition) is 2. The van der Waals surface area contributed by atoms with E-state index in [-0.39, 0.29) is 11.9 Å². The largest absolute Gasteiger partial charge is 0.344 e. The molecule has 0 saturated carbocycles. The van der Waals surface area contributed by atoms with Gasteiger partial charge in [0, 0.05) is 16.9 Å². The Balaban J connectivity index is 1.80. The van der Waals surface area contributed by atoms with Crippen LogP contribution in [0, 0.1) is 0 Å². The van der Waals surface area contributed by atoms with Crippen LogP contribution in [0.5, 0.6) is 0 Å². The van der Waals surface area contributed by atoms with E-state index >= 15 is 0 Å². The van der Waals surface area contributed by atoms with Crippen molar-refractivity contribution >= 4 is 27.5 Å². The van der Waals surface area contributed by atoms with Crippen LogP contribution >= 0.6 is 15.9 Å². The van der Waals surface area contributed by atoms with Gasteiger partial charge in [-0.1, -0.05) is 30.3 Å². The van der Waals surface area contributed by atoms with E-state index in [1.807, 2.05) is 60.0 Å². The van der Waals surface area contributed by atoms with Gasteiger partial charge in [0.1, 0.15) is 11.3 Å². The number of carbonyl (C=O) groups is 1. The van der Waals surface area contributed by atoms with E-state index in [1.54, 1.807) is 6.20 Å². The molecule has 2 aromatic heterocycles.